The molecule has 0 bridgehead atoms. The van der Waals surface area contributed by atoms with Crippen LogP contribution in [-0.4, -0.2) is 45.7 Å². The van der Waals surface area contributed by atoms with Gasteiger partial charge in [-0.3, -0.25) is 4.90 Å². The van der Waals surface area contributed by atoms with Crippen molar-refractivity contribution in [2.75, 3.05) is 13.7 Å². The number of hydrogen-bond donors (Lipinski definition) is 0. The molecule has 0 amide bonds. The molecule has 5 nitrogen and oxygen atoms in total. The van der Waals surface area contributed by atoms with Gasteiger partial charge < -0.3 is 4.74 Å². The number of nitrogens with zero attached hydrogens (tertiary/aromatic N) is 4. The van der Waals surface area contributed by atoms with Crippen molar-refractivity contribution in [3.8, 4) is 0 Å². The van der Waals surface area contributed by atoms with E-state index in [2.05, 4.69) is 56.2 Å². The molecule has 0 N–H and O–H groups in total. The van der Waals surface area contributed by atoms with E-state index in [1.165, 1.54) is 19.3 Å². The second kappa shape index (κ2) is 5.60. The highest BCUT2D eigenvalue weighted by Crippen LogP contribution is 2.59. The van der Waals surface area contributed by atoms with E-state index in [9.17, 15) is 0 Å². The number of ether oxygens (including phenoxy) is 1. The molecule has 1 spiro atoms. The van der Waals surface area contributed by atoms with Gasteiger partial charge in [0.25, 0.3) is 0 Å². The van der Waals surface area contributed by atoms with Crippen LogP contribution in [0.25, 0.3) is 0 Å². The molecule has 2 atom stereocenters. The van der Waals surface area contributed by atoms with E-state index in [0.29, 0.717) is 17.6 Å². The van der Waals surface area contributed by atoms with Gasteiger partial charge in [-0.15, -0.1) is 5.10 Å². The van der Waals surface area contributed by atoms with Crippen molar-refractivity contribution in [1.82, 2.24) is 19.9 Å². The Labute approximate surface area is 134 Å². The Morgan fingerprint density at radius 2 is 2.14 bits per heavy atom. The lowest BCUT2D eigenvalue weighted by Gasteiger charge is -2.63. The predicted octanol–water partition coefficient (Wildman–Crippen LogP) is 2.81. The maximum Gasteiger partial charge on any atom is 0.0967 e. The van der Waals surface area contributed by atoms with Crippen LogP contribution in [0, 0.1) is 5.41 Å². The second-order valence-corrected chi connectivity index (χ2v) is 8.02. The van der Waals surface area contributed by atoms with Crippen molar-refractivity contribution in [3.05, 3.63) is 11.9 Å². The Bertz CT molecular complexity index is 515. The Morgan fingerprint density at radius 3 is 2.64 bits per heavy atom. The van der Waals surface area contributed by atoms with Gasteiger partial charge in [0.15, 0.2) is 0 Å². The smallest absolute Gasteiger partial charge is 0.0967 e. The van der Waals surface area contributed by atoms with E-state index >= 15 is 0 Å². The van der Waals surface area contributed by atoms with Crippen LogP contribution in [0.2, 0.25) is 0 Å². The third-order valence-electron chi connectivity index (χ3n) is 5.57. The maximum absolute atomic E-state index is 5.96. The zero-order chi connectivity index (χ0) is 16.0. The highest BCUT2D eigenvalue weighted by molar-refractivity contribution is 5.13. The standard InChI is InChI=1S/C17H30N4O/c1-6-22-15-10-14(17(15)8-7-9-17)20(5)11-13-12-21(19-18-13)16(2,3)4/h12,14-15H,6-11H2,1-5H3/t14-,15+/m1/s1. The fourth-order valence-electron chi connectivity index (χ4n) is 4.08. The van der Waals surface area contributed by atoms with Gasteiger partial charge in [0.2, 0.25) is 0 Å². The molecule has 2 saturated carbocycles. The van der Waals surface area contributed by atoms with Gasteiger partial charge in [-0.25, -0.2) is 4.68 Å². The summed E-state index contributed by atoms with van der Waals surface area (Å²) in [6, 6.07) is 0.637. The van der Waals surface area contributed by atoms with E-state index in [1.54, 1.807) is 0 Å². The van der Waals surface area contributed by atoms with E-state index < -0.39 is 0 Å². The van der Waals surface area contributed by atoms with Crippen molar-refractivity contribution in [2.24, 2.45) is 5.41 Å². The highest BCUT2D eigenvalue weighted by atomic mass is 16.5. The first kappa shape index (κ1) is 15.9. The molecule has 2 aliphatic carbocycles. The summed E-state index contributed by atoms with van der Waals surface area (Å²) in [4.78, 5) is 2.46. The van der Waals surface area contributed by atoms with Crippen LogP contribution in [0.5, 0.6) is 0 Å². The van der Waals surface area contributed by atoms with E-state index in [0.717, 1.165) is 25.3 Å². The molecular formula is C17H30N4O. The van der Waals surface area contributed by atoms with Gasteiger partial charge in [0.1, 0.15) is 0 Å². The van der Waals surface area contributed by atoms with Crippen molar-refractivity contribution in [1.29, 1.82) is 0 Å². The quantitative estimate of drug-likeness (QED) is 0.839. The van der Waals surface area contributed by atoms with Crippen molar-refractivity contribution in [2.45, 2.75) is 77.6 Å². The van der Waals surface area contributed by atoms with Gasteiger partial charge in [0.05, 0.1) is 23.5 Å². The van der Waals surface area contributed by atoms with E-state index in [-0.39, 0.29) is 5.54 Å². The fraction of sp³-hybridized carbons (Fsp3) is 0.882. The second-order valence-electron chi connectivity index (χ2n) is 8.02. The van der Waals surface area contributed by atoms with Gasteiger partial charge in [0, 0.05) is 24.6 Å². The molecule has 0 aromatic carbocycles. The lowest BCUT2D eigenvalue weighted by Crippen LogP contribution is -2.66. The first-order chi connectivity index (χ1) is 10.4. The van der Waals surface area contributed by atoms with Crippen LogP contribution < -0.4 is 0 Å². The van der Waals surface area contributed by atoms with E-state index in [4.69, 9.17) is 4.74 Å². The van der Waals surface area contributed by atoms with Crippen molar-refractivity contribution >= 4 is 0 Å². The van der Waals surface area contributed by atoms with Gasteiger partial charge in [-0.05, 0) is 54.0 Å². The fourth-order valence-corrected chi connectivity index (χ4v) is 4.08. The van der Waals surface area contributed by atoms with Gasteiger partial charge in [-0.2, -0.15) is 0 Å². The van der Waals surface area contributed by atoms with Crippen LogP contribution in [0.1, 0.15) is 59.1 Å². The Morgan fingerprint density at radius 1 is 1.41 bits per heavy atom. The molecule has 0 unspecified atom stereocenters. The Balaban J connectivity index is 1.63. The molecule has 2 fully saturated rings. The number of aromatic nitrogens is 3. The molecule has 0 radical (unpaired) electrons. The number of hydrogen-bond acceptors (Lipinski definition) is 4. The van der Waals surface area contributed by atoms with Gasteiger partial charge in [-0.1, -0.05) is 11.6 Å². The third-order valence-corrected chi connectivity index (χ3v) is 5.57. The molecule has 2 aliphatic rings. The minimum absolute atomic E-state index is 0.00442. The summed E-state index contributed by atoms with van der Waals surface area (Å²) in [6.07, 6.45) is 7.72. The molecule has 1 aromatic heterocycles. The molecule has 0 aliphatic heterocycles. The zero-order valence-electron chi connectivity index (χ0n) is 14.7. The van der Waals surface area contributed by atoms with Crippen LogP contribution in [0.3, 0.4) is 0 Å². The first-order valence-corrected chi connectivity index (χ1v) is 8.60. The molecule has 124 valence electrons. The topological polar surface area (TPSA) is 43.2 Å². The van der Waals surface area contributed by atoms with Crippen molar-refractivity contribution in [3.63, 3.8) is 0 Å². The van der Waals surface area contributed by atoms with Crippen LogP contribution in [0.4, 0.5) is 0 Å². The summed E-state index contributed by atoms with van der Waals surface area (Å²) in [5, 5.41) is 8.62. The zero-order valence-corrected chi connectivity index (χ0v) is 14.7. The largest absolute Gasteiger partial charge is 0.378 e. The summed E-state index contributed by atoms with van der Waals surface area (Å²) in [5.41, 5.74) is 1.48. The van der Waals surface area contributed by atoms with Crippen LogP contribution >= 0.6 is 0 Å². The lowest BCUT2D eigenvalue weighted by atomic mass is 9.50. The summed E-state index contributed by atoms with van der Waals surface area (Å²) in [5.74, 6) is 0. The summed E-state index contributed by atoms with van der Waals surface area (Å²) >= 11 is 0. The molecule has 0 saturated heterocycles. The summed E-state index contributed by atoms with van der Waals surface area (Å²) in [6.45, 7) is 10.3. The average Bonchev–Trinajstić information content (AvgIpc) is 2.80. The lowest BCUT2D eigenvalue weighted by molar-refractivity contribution is -0.201. The molecule has 1 aromatic rings. The normalized spacial score (nSPS) is 27.0. The van der Waals surface area contributed by atoms with Gasteiger partial charge >= 0.3 is 0 Å². The Hall–Kier alpha value is -0.940. The average molecular weight is 306 g/mol. The SMILES string of the molecule is CCO[C@H]1C[C@@H](N(C)Cc2cn(C(C)(C)C)nn2)C12CCC2. The summed E-state index contributed by atoms with van der Waals surface area (Å²) < 4.78 is 7.91. The van der Waals surface area contributed by atoms with Crippen LogP contribution in [-0.2, 0) is 16.8 Å². The number of rotatable bonds is 5. The first-order valence-electron chi connectivity index (χ1n) is 8.60. The minimum atomic E-state index is -0.00442. The van der Waals surface area contributed by atoms with Crippen LogP contribution in [0.15, 0.2) is 6.20 Å². The predicted molar refractivity (Wildman–Crippen MR) is 86.6 cm³/mol. The summed E-state index contributed by atoms with van der Waals surface area (Å²) in [7, 11) is 2.23. The monoisotopic (exact) mass is 306 g/mol. The molecule has 3 rings (SSSR count). The highest BCUT2D eigenvalue weighted by Gasteiger charge is 2.60. The molecule has 22 heavy (non-hydrogen) atoms. The third kappa shape index (κ3) is 2.58. The Kier molecular flexibility index (Phi) is 4.06. The molecule has 5 heteroatoms. The van der Waals surface area contributed by atoms with Crippen molar-refractivity contribution < 1.29 is 4.74 Å². The molecular weight excluding hydrogens is 276 g/mol. The minimum Gasteiger partial charge on any atom is -0.378 e. The maximum atomic E-state index is 5.96. The van der Waals surface area contributed by atoms with E-state index in [1.807, 2.05) is 4.68 Å². The molecule has 1 heterocycles.